The molecule has 1 fully saturated rings. The molecule has 6 atom stereocenters. The number of halogens is 2. The first-order valence-electron chi connectivity index (χ1n) is 10.8. The van der Waals surface area contributed by atoms with Crippen molar-refractivity contribution in [3.63, 3.8) is 0 Å². The fourth-order valence-electron chi connectivity index (χ4n) is 3.22. The largest absolute Gasteiger partial charge is 0.462 e. The first-order chi connectivity index (χ1) is 16.8. The summed E-state index contributed by atoms with van der Waals surface area (Å²) in [6.07, 6.45) is -4.91. The van der Waals surface area contributed by atoms with Crippen LogP contribution in [0.3, 0.4) is 0 Å². The number of aliphatic hydroxyl groups excluding tert-OH is 1. The second-order valence-corrected chi connectivity index (χ2v) is 10.5. The molecule has 0 spiro atoms. The number of carbonyl (C=O) groups is 1. The minimum Gasteiger partial charge on any atom is -0.462 e. The van der Waals surface area contributed by atoms with Gasteiger partial charge in [0.05, 0.1) is 12.7 Å². The molecular formula is C21H26ClFN3O9P. The fourth-order valence-corrected chi connectivity index (χ4v) is 5.02. The molecule has 15 heteroatoms. The number of nitrogens with one attached hydrogen (secondary N) is 2. The molecule has 36 heavy (non-hydrogen) atoms. The lowest BCUT2D eigenvalue weighted by Gasteiger charge is -2.25. The maximum absolute atomic E-state index is 15.2. The molecular weight excluding hydrogens is 524 g/mol. The lowest BCUT2D eigenvalue weighted by atomic mass is 10.1. The van der Waals surface area contributed by atoms with Crippen LogP contribution in [0, 0.1) is 0 Å². The predicted molar refractivity (Wildman–Crippen MR) is 125 cm³/mol. The number of aromatic nitrogens is 2. The number of hydrogen-bond donors (Lipinski definition) is 3. The highest BCUT2D eigenvalue weighted by molar-refractivity contribution is 7.52. The quantitative estimate of drug-likeness (QED) is 0.227. The predicted octanol–water partition coefficient (Wildman–Crippen LogP) is 1.83. The van der Waals surface area contributed by atoms with Crippen LogP contribution >= 0.6 is 19.3 Å². The molecule has 1 aliphatic rings. The van der Waals surface area contributed by atoms with Crippen LogP contribution < -0.4 is 20.9 Å². The summed E-state index contributed by atoms with van der Waals surface area (Å²) in [5, 5.41) is 9.86. The molecule has 0 saturated carbocycles. The maximum atomic E-state index is 15.2. The van der Waals surface area contributed by atoms with Gasteiger partial charge in [-0.05, 0) is 32.9 Å². The first kappa shape index (κ1) is 28.0. The van der Waals surface area contributed by atoms with Gasteiger partial charge >= 0.3 is 19.4 Å². The van der Waals surface area contributed by atoms with Crippen LogP contribution in [0.25, 0.3) is 0 Å². The standard InChI is InChI=1S/C21H26ClFN3O9P/c1-12(2)33-18(29)13(3)25-36(31,35-14-7-5-4-6-8-14)32-11-15-17(28)21(22,23)19(34-15)26-10-9-16(27)24-20(26)30/h4-10,12-13,15,17,19,28H,11H2,1-3H3,(H,25,31)(H,24,27,30)/t13-,15+,17+,19+,21-,36?/m0/s1. The lowest BCUT2D eigenvalue weighted by molar-refractivity contribution is -0.149. The van der Waals surface area contributed by atoms with E-state index in [2.05, 4.69) is 5.09 Å². The number of carbonyl (C=O) groups excluding carboxylic acids is 1. The third-order valence-corrected chi connectivity index (χ3v) is 6.97. The van der Waals surface area contributed by atoms with Gasteiger partial charge in [-0.2, -0.15) is 5.09 Å². The van der Waals surface area contributed by atoms with E-state index in [-0.39, 0.29) is 5.75 Å². The molecule has 0 radical (unpaired) electrons. The Bertz CT molecular complexity index is 1220. The van der Waals surface area contributed by atoms with E-state index in [4.69, 9.17) is 30.1 Å². The molecule has 0 bridgehead atoms. The van der Waals surface area contributed by atoms with Crippen molar-refractivity contribution in [2.24, 2.45) is 0 Å². The van der Waals surface area contributed by atoms with Gasteiger partial charge in [0.15, 0.2) is 6.23 Å². The van der Waals surface area contributed by atoms with Gasteiger partial charge in [0, 0.05) is 12.3 Å². The average molecular weight is 550 g/mol. The van der Waals surface area contributed by atoms with Crippen molar-refractivity contribution < 1.29 is 37.4 Å². The monoisotopic (exact) mass is 549 g/mol. The Kier molecular flexibility index (Phi) is 8.75. The minimum absolute atomic E-state index is 0.125. The van der Waals surface area contributed by atoms with Crippen molar-refractivity contribution in [2.75, 3.05) is 6.61 Å². The molecule has 1 aromatic carbocycles. The molecule has 1 aromatic heterocycles. The Labute approximate surface area is 209 Å². The van der Waals surface area contributed by atoms with E-state index in [0.717, 1.165) is 12.3 Å². The van der Waals surface area contributed by atoms with Crippen molar-refractivity contribution in [1.29, 1.82) is 0 Å². The number of H-pyrrole nitrogens is 1. The van der Waals surface area contributed by atoms with Gasteiger partial charge in [0.25, 0.3) is 10.7 Å². The highest BCUT2D eigenvalue weighted by Crippen LogP contribution is 2.48. The van der Waals surface area contributed by atoms with Crippen LogP contribution in [-0.2, 0) is 23.4 Å². The van der Waals surface area contributed by atoms with E-state index in [9.17, 15) is 24.1 Å². The molecule has 2 aromatic rings. The molecule has 198 valence electrons. The van der Waals surface area contributed by atoms with Gasteiger partial charge in [-0.3, -0.25) is 23.7 Å². The number of aromatic amines is 1. The number of nitrogens with zero attached hydrogens (tertiary/aromatic N) is 1. The number of ether oxygens (including phenoxy) is 2. The lowest BCUT2D eigenvalue weighted by Crippen LogP contribution is -2.42. The van der Waals surface area contributed by atoms with Crippen molar-refractivity contribution in [3.8, 4) is 5.75 Å². The van der Waals surface area contributed by atoms with Gasteiger partial charge < -0.3 is 19.1 Å². The number of benzene rings is 1. The summed E-state index contributed by atoms with van der Waals surface area (Å²) in [4.78, 5) is 37.6. The summed E-state index contributed by atoms with van der Waals surface area (Å²) < 4.78 is 50.8. The first-order valence-corrected chi connectivity index (χ1v) is 12.7. The summed E-state index contributed by atoms with van der Waals surface area (Å²) in [5.74, 6) is -0.607. The summed E-state index contributed by atoms with van der Waals surface area (Å²) in [5.41, 5.74) is -1.76. The number of para-hydroxylation sites is 1. The van der Waals surface area contributed by atoms with E-state index in [1.807, 2.05) is 4.98 Å². The molecule has 1 unspecified atom stereocenters. The van der Waals surface area contributed by atoms with Crippen LogP contribution in [0.5, 0.6) is 5.75 Å². The summed E-state index contributed by atoms with van der Waals surface area (Å²) in [7, 11) is -4.35. The van der Waals surface area contributed by atoms with E-state index in [0.29, 0.717) is 4.57 Å². The molecule has 12 nitrogen and oxygen atoms in total. The average Bonchev–Trinajstić information content (AvgIpc) is 3.01. The molecule has 1 saturated heterocycles. The zero-order valence-corrected chi connectivity index (χ0v) is 21.1. The normalized spacial score (nSPS) is 26.4. The van der Waals surface area contributed by atoms with Crippen LogP contribution in [0.4, 0.5) is 4.39 Å². The fraction of sp³-hybridized carbons (Fsp3) is 0.476. The Morgan fingerprint density at radius 1 is 1.31 bits per heavy atom. The van der Waals surface area contributed by atoms with Crippen LogP contribution in [-0.4, -0.2) is 56.7 Å². The Morgan fingerprint density at radius 3 is 2.58 bits per heavy atom. The van der Waals surface area contributed by atoms with Crippen molar-refractivity contribution in [2.45, 2.75) is 56.5 Å². The summed E-state index contributed by atoms with van der Waals surface area (Å²) >= 11 is 5.85. The Morgan fingerprint density at radius 2 is 1.97 bits per heavy atom. The highest BCUT2D eigenvalue weighted by atomic mass is 35.5. The van der Waals surface area contributed by atoms with Gasteiger partial charge in [-0.1, -0.05) is 29.8 Å². The third-order valence-electron chi connectivity index (χ3n) is 4.92. The van der Waals surface area contributed by atoms with Gasteiger partial charge in [-0.25, -0.2) is 13.8 Å². The van der Waals surface area contributed by atoms with Crippen LogP contribution in [0.15, 0.2) is 52.2 Å². The molecule has 2 heterocycles. The van der Waals surface area contributed by atoms with Gasteiger partial charge in [-0.15, -0.1) is 0 Å². The van der Waals surface area contributed by atoms with E-state index < -0.39 is 67.3 Å². The van der Waals surface area contributed by atoms with E-state index in [1.54, 1.807) is 32.0 Å². The number of alkyl halides is 2. The highest BCUT2D eigenvalue weighted by Gasteiger charge is 2.58. The SMILES string of the molecule is CC(C)OC(=O)[C@H](C)NP(=O)(OC[C@H]1O[C@@H](n2ccc(=O)[nH]c2=O)[C@](F)(Cl)[C@@H]1O)Oc1ccccc1. The number of hydrogen-bond acceptors (Lipinski definition) is 9. The molecule has 0 aliphatic carbocycles. The smallest absolute Gasteiger partial charge is 0.459 e. The topological polar surface area (TPSA) is 158 Å². The molecule has 3 rings (SSSR count). The maximum Gasteiger partial charge on any atom is 0.459 e. The zero-order valence-electron chi connectivity index (χ0n) is 19.5. The third kappa shape index (κ3) is 6.61. The minimum atomic E-state index is -4.35. The molecule has 0 amide bonds. The zero-order chi connectivity index (χ0) is 26.7. The van der Waals surface area contributed by atoms with E-state index >= 15 is 4.39 Å². The summed E-state index contributed by atoms with van der Waals surface area (Å²) in [6.45, 7) is 3.93. The van der Waals surface area contributed by atoms with Crippen LogP contribution in [0.1, 0.15) is 27.0 Å². The Hall–Kier alpha value is -2.54. The van der Waals surface area contributed by atoms with E-state index in [1.165, 1.54) is 19.1 Å². The number of esters is 1. The van der Waals surface area contributed by atoms with Crippen molar-refractivity contribution >= 4 is 25.3 Å². The van der Waals surface area contributed by atoms with Crippen molar-refractivity contribution in [1.82, 2.24) is 14.6 Å². The number of rotatable bonds is 10. The van der Waals surface area contributed by atoms with Crippen molar-refractivity contribution in [3.05, 3.63) is 63.4 Å². The molecule has 1 aliphatic heterocycles. The van der Waals surface area contributed by atoms with Crippen LogP contribution in [0.2, 0.25) is 0 Å². The second kappa shape index (κ2) is 11.2. The van der Waals surface area contributed by atoms with Gasteiger partial charge in [0.1, 0.15) is 24.0 Å². The Balaban J connectivity index is 1.80. The number of aliphatic hydroxyl groups is 1. The van der Waals surface area contributed by atoms with Gasteiger partial charge in [0.2, 0.25) is 0 Å². The summed E-state index contributed by atoms with van der Waals surface area (Å²) in [6, 6.07) is 7.68. The second-order valence-electron chi connectivity index (χ2n) is 8.20. The molecule has 3 N–H and O–H groups in total.